The van der Waals surface area contributed by atoms with E-state index in [1.807, 2.05) is 0 Å². The number of hydrogen-bond donors (Lipinski definition) is 0. The molecule has 0 amide bonds. The summed E-state index contributed by atoms with van der Waals surface area (Å²) in [6.07, 6.45) is 6.12. The van der Waals surface area contributed by atoms with Gasteiger partial charge in [-0.2, -0.15) is 0 Å². The Morgan fingerprint density at radius 3 is 1.50 bits per heavy atom. The van der Waals surface area contributed by atoms with Gasteiger partial charge in [0.15, 0.2) is 23.3 Å². The first-order valence-electron chi connectivity index (χ1n) is 8.09. The van der Waals surface area contributed by atoms with Crippen molar-refractivity contribution in [3.8, 4) is 0 Å². The first-order chi connectivity index (χ1) is 10.6. The second kappa shape index (κ2) is 2.67. The van der Waals surface area contributed by atoms with Crippen molar-refractivity contribution in [2.45, 2.75) is 24.7 Å². The Labute approximate surface area is 124 Å². The van der Waals surface area contributed by atoms with E-state index in [2.05, 4.69) is 12.2 Å². The number of halogens is 4. The van der Waals surface area contributed by atoms with Gasteiger partial charge in [-0.05, 0) is 59.2 Å². The molecule has 4 saturated carbocycles. The van der Waals surface area contributed by atoms with Gasteiger partial charge < -0.3 is 0 Å². The van der Waals surface area contributed by atoms with Crippen molar-refractivity contribution in [1.82, 2.24) is 0 Å². The number of hydrogen-bond acceptors (Lipinski definition) is 0. The van der Waals surface area contributed by atoms with E-state index >= 15 is 0 Å². The Morgan fingerprint density at radius 1 is 0.682 bits per heavy atom. The molecule has 4 fully saturated rings. The third-order valence-electron chi connectivity index (χ3n) is 8.64. The van der Waals surface area contributed by atoms with Crippen molar-refractivity contribution >= 4 is 0 Å². The van der Waals surface area contributed by atoms with Crippen molar-refractivity contribution in [3.05, 3.63) is 46.5 Å². The van der Waals surface area contributed by atoms with Gasteiger partial charge in [0.25, 0.3) is 0 Å². The normalized spacial score (nSPS) is 56.0. The quantitative estimate of drug-likeness (QED) is 0.291. The number of rotatable bonds is 0. The second-order valence-corrected chi connectivity index (χ2v) is 8.21. The molecule has 2 spiro atoms. The third-order valence-corrected chi connectivity index (χ3v) is 8.64. The van der Waals surface area contributed by atoms with Crippen LogP contribution in [-0.4, -0.2) is 0 Å². The smallest absolute Gasteiger partial charge is 0.197 e. The molecule has 1 aromatic carbocycles. The molecule has 8 atom stereocenters. The summed E-state index contributed by atoms with van der Waals surface area (Å²) in [5.41, 5.74) is 0.452. The summed E-state index contributed by atoms with van der Waals surface area (Å²) in [6.45, 7) is 0. The van der Waals surface area contributed by atoms with E-state index in [-0.39, 0.29) is 33.8 Å². The van der Waals surface area contributed by atoms with Gasteiger partial charge >= 0.3 is 0 Å². The van der Waals surface area contributed by atoms with Crippen LogP contribution in [0.15, 0.2) is 12.2 Å². The maximum atomic E-state index is 14.5. The molecule has 0 N–H and O–H groups in total. The lowest BCUT2D eigenvalue weighted by atomic mass is 9.00. The van der Waals surface area contributed by atoms with E-state index < -0.39 is 23.3 Å². The Kier molecular flexibility index (Phi) is 1.37. The van der Waals surface area contributed by atoms with Crippen molar-refractivity contribution in [2.75, 3.05) is 0 Å². The summed E-state index contributed by atoms with van der Waals surface area (Å²) in [7, 11) is 0. The highest BCUT2D eigenvalue weighted by Gasteiger charge is 3.01. The fraction of sp³-hybridized carbons (Fsp3) is 0.556. The van der Waals surface area contributed by atoms with E-state index in [4.69, 9.17) is 0 Å². The second-order valence-electron chi connectivity index (χ2n) is 8.21. The molecule has 0 aliphatic heterocycles. The summed E-state index contributed by atoms with van der Waals surface area (Å²) < 4.78 is 56.5. The van der Waals surface area contributed by atoms with Crippen LogP contribution in [0.1, 0.15) is 35.8 Å². The fourth-order valence-electron chi connectivity index (χ4n) is 8.60. The lowest BCUT2D eigenvalue weighted by molar-refractivity contribution is -0.516. The molecule has 112 valence electrons. The first-order valence-corrected chi connectivity index (χ1v) is 8.09. The van der Waals surface area contributed by atoms with Crippen LogP contribution in [0.2, 0.25) is 0 Å². The van der Waals surface area contributed by atoms with Crippen LogP contribution >= 0.6 is 0 Å². The standard InChI is InChI=1S/C18H12F4/c19-13-7-8(14(20)16(22)15(13)21)10-6-5-9(7)17-3-1-2-4-18(10,17)12(6)11(5)17/h1-2,5-6,9-12H,3-4H2/t5-,6-,9-,10-,11-,12+,17-,18-/m0/s1. The molecule has 1 aromatic rings. The zero-order valence-corrected chi connectivity index (χ0v) is 11.5. The molecular weight excluding hydrogens is 292 g/mol. The topological polar surface area (TPSA) is 0 Å². The Morgan fingerprint density at radius 2 is 1.09 bits per heavy atom. The zero-order valence-electron chi connectivity index (χ0n) is 11.5. The molecule has 4 heteroatoms. The van der Waals surface area contributed by atoms with Gasteiger partial charge in [-0.25, -0.2) is 17.6 Å². The van der Waals surface area contributed by atoms with Crippen LogP contribution in [-0.2, 0) is 0 Å². The van der Waals surface area contributed by atoms with Crippen LogP contribution in [0.4, 0.5) is 17.6 Å². The van der Waals surface area contributed by atoms with Crippen LogP contribution in [0, 0.1) is 57.8 Å². The maximum Gasteiger partial charge on any atom is 0.197 e. The molecule has 8 rings (SSSR count). The van der Waals surface area contributed by atoms with Crippen LogP contribution < -0.4 is 0 Å². The molecule has 0 heterocycles. The zero-order chi connectivity index (χ0) is 14.8. The Hall–Kier alpha value is -1.32. The Balaban J connectivity index is 1.62. The predicted molar refractivity (Wildman–Crippen MR) is 69.0 cm³/mol. The van der Waals surface area contributed by atoms with E-state index in [0.717, 1.165) is 12.8 Å². The van der Waals surface area contributed by atoms with E-state index in [9.17, 15) is 17.6 Å². The van der Waals surface area contributed by atoms with Crippen LogP contribution in [0.3, 0.4) is 0 Å². The summed E-state index contributed by atoms with van der Waals surface area (Å²) in [6, 6.07) is 0. The summed E-state index contributed by atoms with van der Waals surface area (Å²) >= 11 is 0. The van der Waals surface area contributed by atoms with Gasteiger partial charge in [0, 0.05) is 11.1 Å². The van der Waals surface area contributed by atoms with Crippen molar-refractivity contribution in [1.29, 1.82) is 0 Å². The van der Waals surface area contributed by atoms with Crippen molar-refractivity contribution < 1.29 is 17.6 Å². The van der Waals surface area contributed by atoms with Crippen LogP contribution in [0.5, 0.6) is 0 Å². The number of allylic oxidation sites excluding steroid dienone is 2. The molecule has 0 radical (unpaired) electrons. The third kappa shape index (κ3) is 0.625. The summed E-state index contributed by atoms with van der Waals surface area (Å²) in [5.74, 6) is -3.58. The minimum Gasteiger partial charge on any atom is -0.203 e. The van der Waals surface area contributed by atoms with E-state index in [1.165, 1.54) is 0 Å². The van der Waals surface area contributed by atoms with Gasteiger partial charge in [-0.3, -0.25) is 0 Å². The lowest BCUT2D eigenvalue weighted by Gasteiger charge is -3.03. The lowest BCUT2D eigenvalue weighted by Crippen LogP contribution is -2.98. The molecule has 0 aromatic heterocycles. The minimum atomic E-state index is -1.62. The monoisotopic (exact) mass is 304 g/mol. The van der Waals surface area contributed by atoms with Gasteiger partial charge in [0.1, 0.15) is 0 Å². The van der Waals surface area contributed by atoms with Gasteiger partial charge in [0.05, 0.1) is 0 Å². The highest BCUT2D eigenvalue weighted by molar-refractivity contribution is 5.63. The van der Waals surface area contributed by atoms with Gasteiger partial charge in [0.2, 0.25) is 0 Å². The molecule has 7 aliphatic rings. The minimum absolute atomic E-state index is 0.0288. The van der Waals surface area contributed by atoms with Crippen molar-refractivity contribution in [2.24, 2.45) is 34.5 Å². The SMILES string of the molecule is Fc1c(F)c(F)c2c(c1F)[C@@H]1[C@@H]3[C@@H]4[C@H]5[C@@H]3[C@]13CC=CC[C@]53[C@H]24. The summed E-state index contributed by atoms with van der Waals surface area (Å²) in [5, 5.41) is 0. The fourth-order valence-corrected chi connectivity index (χ4v) is 8.60. The largest absolute Gasteiger partial charge is 0.203 e. The highest BCUT2D eigenvalue weighted by atomic mass is 19.2. The van der Waals surface area contributed by atoms with Gasteiger partial charge in [-0.15, -0.1) is 0 Å². The maximum absolute atomic E-state index is 14.5. The number of benzene rings is 1. The molecular formula is C18H12F4. The van der Waals surface area contributed by atoms with Crippen molar-refractivity contribution in [3.63, 3.8) is 0 Å². The molecule has 0 saturated heterocycles. The summed E-state index contributed by atoms with van der Waals surface area (Å²) in [4.78, 5) is 0. The first kappa shape index (κ1) is 11.3. The molecule has 0 nitrogen and oxygen atoms in total. The molecule has 0 unspecified atom stereocenters. The predicted octanol–water partition coefficient (Wildman–Crippen LogP) is 4.27. The average Bonchev–Trinajstić information content (AvgIpc) is 2.50. The molecule has 2 bridgehead atoms. The average molecular weight is 304 g/mol. The Bertz CT molecular complexity index is 788. The van der Waals surface area contributed by atoms with Gasteiger partial charge in [-0.1, -0.05) is 12.2 Å². The molecule has 22 heavy (non-hydrogen) atoms. The molecule has 7 aliphatic carbocycles. The van der Waals surface area contributed by atoms with Crippen LogP contribution in [0.25, 0.3) is 0 Å². The van der Waals surface area contributed by atoms with E-state index in [1.54, 1.807) is 0 Å². The highest BCUT2D eigenvalue weighted by Crippen LogP contribution is 3.06. The van der Waals surface area contributed by atoms with E-state index in [0.29, 0.717) is 23.7 Å².